The highest BCUT2D eigenvalue weighted by atomic mass is 32.1. The molecule has 1 aliphatic heterocycles. The van der Waals surface area contributed by atoms with Crippen molar-refractivity contribution in [3.05, 3.63) is 58.3 Å². The molecular formula is C22H14F3N3O3S. The van der Waals surface area contributed by atoms with Crippen molar-refractivity contribution in [2.24, 2.45) is 0 Å². The fraction of sp³-hybridized carbons (Fsp3) is 0.136. The highest BCUT2D eigenvalue weighted by molar-refractivity contribution is 7.08. The van der Waals surface area contributed by atoms with Gasteiger partial charge < -0.3 is 0 Å². The Bertz CT molecular complexity index is 1440. The van der Waals surface area contributed by atoms with Gasteiger partial charge in [-0.3, -0.25) is 29.4 Å². The lowest BCUT2D eigenvalue weighted by atomic mass is 9.94. The minimum absolute atomic E-state index is 0.153. The number of carbonyl (C=O) groups is 3. The summed E-state index contributed by atoms with van der Waals surface area (Å²) >= 11 is 1.40. The van der Waals surface area contributed by atoms with Crippen molar-refractivity contribution in [2.75, 3.05) is 12.1 Å². The molecule has 0 radical (unpaired) electrons. The summed E-state index contributed by atoms with van der Waals surface area (Å²) < 4.78 is 40.1. The number of hydrogen-bond acceptors (Lipinski definition) is 4. The Morgan fingerprint density at radius 1 is 1.09 bits per heavy atom. The number of imide groups is 1. The molecule has 0 saturated carbocycles. The summed E-state index contributed by atoms with van der Waals surface area (Å²) in [5.74, 6) is -2.27. The molecule has 1 aliphatic rings. The van der Waals surface area contributed by atoms with Crippen molar-refractivity contribution >= 4 is 50.9 Å². The molecule has 1 N–H and O–H groups in total. The Labute approximate surface area is 182 Å². The topological polar surface area (TPSA) is 71.4 Å². The zero-order chi connectivity index (χ0) is 22.8. The fourth-order valence-corrected chi connectivity index (χ4v) is 4.82. The number of thiophene rings is 1. The van der Waals surface area contributed by atoms with Gasteiger partial charge in [0, 0.05) is 17.8 Å². The number of carbonyl (C=O) groups excluding carboxylic acids is 3. The highest BCUT2D eigenvalue weighted by Gasteiger charge is 2.37. The van der Waals surface area contributed by atoms with E-state index in [-0.39, 0.29) is 11.1 Å². The first-order valence-electron chi connectivity index (χ1n) is 9.49. The van der Waals surface area contributed by atoms with Crippen LogP contribution in [-0.4, -0.2) is 35.6 Å². The van der Waals surface area contributed by atoms with E-state index in [1.54, 1.807) is 36.4 Å². The van der Waals surface area contributed by atoms with Crippen molar-refractivity contribution < 1.29 is 27.6 Å². The SMILES string of the molecule is CN(C(=O)CC(F)(F)F)n1c2ccccc2c2c3c(c(-c4ccsc4)cc21)C(=O)NC3=O. The van der Waals surface area contributed by atoms with Crippen molar-refractivity contribution in [3.63, 3.8) is 0 Å². The summed E-state index contributed by atoms with van der Waals surface area (Å²) in [5.41, 5.74) is 2.33. The molecular weight excluding hydrogens is 443 g/mol. The van der Waals surface area contributed by atoms with Gasteiger partial charge in [-0.25, -0.2) is 0 Å². The maximum absolute atomic E-state index is 12.9. The highest BCUT2D eigenvalue weighted by Crippen LogP contribution is 2.41. The predicted molar refractivity (Wildman–Crippen MR) is 114 cm³/mol. The second-order valence-electron chi connectivity index (χ2n) is 7.40. The van der Waals surface area contributed by atoms with Gasteiger partial charge in [0.25, 0.3) is 11.8 Å². The zero-order valence-corrected chi connectivity index (χ0v) is 17.3. The molecule has 2 aromatic carbocycles. The lowest BCUT2D eigenvalue weighted by molar-refractivity contribution is -0.152. The zero-order valence-electron chi connectivity index (χ0n) is 16.5. The van der Waals surface area contributed by atoms with E-state index in [0.717, 1.165) is 5.01 Å². The number of amides is 3. The Morgan fingerprint density at radius 3 is 2.50 bits per heavy atom. The summed E-state index contributed by atoms with van der Waals surface area (Å²) in [7, 11) is 1.25. The molecule has 4 aromatic rings. The molecule has 10 heteroatoms. The summed E-state index contributed by atoms with van der Waals surface area (Å²) in [6.45, 7) is 0. The third kappa shape index (κ3) is 2.98. The summed E-state index contributed by atoms with van der Waals surface area (Å²) in [6.07, 6.45) is -6.29. The van der Waals surface area contributed by atoms with E-state index in [1.165, 1.54) is 23.1 Å². The Hall–Kier alpha value is -3.66. The van der Waals surface area contributed by atoms with Crippen molar-refractivity contribution in [2.45, 2.75) is 12.6 Å². The van der Waals surface area contributed by atoms with Gasteiger partial charge in [0.2, 0.25) is 5.91 Å². The summed E-state index contributed by atoms with van der Waals surface area (Å²) in [4.78, 5) is 37.9. The van der Waals surface area contributed by atoms with Crippen LogP contribution >= 0.6 is 11.3 Å². The van der Waals surface area contributed by atoms with Gasteiger partial charge in [0.1, 0.15) is 6.42 Å². The van der Waals surface area contributed by atoms with Crippen molar-refractivity contribution in [1.82, 2.24) is 9.99 Å². The number of hydrogen-bond donors (Lipinski definition) is 1. The van der Waals surface area contributed by atoms with Crippen molar-refractivity contribution in [3.8, 4) is 11.1 Å². The number of fused-ring (bicyclic) bond motifs is 5. The van der Waals surface area contributed by atoms with E-state index in [0.29, 0.717) is 32.9 Å². The van der Waals surface area contributed by atoms with Crippen LogP contribution in [0.25, 0.3) is 32.9 Å². The van der Waals surface area contributed by atoms with Crippen LogP contribution in [0, 0.1) is 0 Å². The molecule has 0 fully saturated rings. The minimum atomic E-state index is -4.67. The van der Waals surface area contributed by atoms with Gasteiger partial charge in [-0.1, -0.05) is 18.2 Å². The average Bonchev–Trinajstić information content (AvgIpc) is 3.42. The van der Waals surface area contributed by atoms with Crippen LogP contribution in [0.2, 0.25) is 0 Å². The summed E-state index contributed by atoms with van der Waals surface area (Å²) in [5, 5.41) is 7.80. The number of benzene rings is 2. The molecule has 0 bridgehead atoms. The molecule has 0 atom stereocenters. The number of aromatic nitrogens is 1. The van der Waals surface area contributed by atoms with Crippen molar-refractivity contribution in [1.29, 1.82) is 0 Å². The standard InChI is InChI=1S/C22H14F3N3O3S/c1-27(16(29)9-22(23,24)25)28-14-5-3-2-4-12(14)17-15(28)8-13(11-6-7-32-10-11)18-19(17)21(31)26-20(18)30/h2-8,10H,9H2,1H3,(H,26,30,31). The number of halogens is 3. The number of nitrogens with one attached hydrogen (secondary N) is 1. The van der Waals surface area contributed by atoms with Gasteiger partial charge in [0.05, 0.1) is 22.2 Å². The van der Waals surface area contributed by atoms with Crippen LogP contribution in [0.3, 0.4) is 0 Å². The molecule has 3 amide bonds. The molecule has 0 spiro atoms. The minimum Gasteiger partial charge on any atom is -0.288 e. The second-order valence-corrected chi connectivity index (χ2v) is 8.18. The predicted octanol–water partition coefficient (Wildman–Crippen LogP) is 4.45. The lowest BCUT2D eigenvalue weighted by Gasteiger charge is -2.22. The third-order valence-corrected chi connectivity index (χ3v) is 6.15. The average molecular weight is 457 g/mol. The number of rotatable bonds is 3. The molecule has 2 aromatic heterocycles. The van der Waals surface area contributed by atoms with Crippen LogP contribution < -0.4 is 10.3 Å². The second kappa shape index (κ2) is 6.92. The van der Waals surface area contributed by atoms with Crippen LogP contribution in [-0.2, 0) is 4.79 Å². The van der Waals surface area contributed by atoms with Gasteiger partial charge in [0.15, 0.2) is 0 Å². The van der Waals surface area contributed by atoms with Gasteiger partial charge >= 0.3 is 6.18 Å². The Balaban J connectivity index is 1.89. The van der Waals surface area contributed by atoms with E-state index < -0.39 is 30.3 Å². The molecule has 0 unspecified atom stereocenters. The quantitative estimate of drug-likeness (QED) is 0.462. The van der Waals surface area contributed by atoms with Crippen LogP contribution in [0.5, 0.6) is 0 Å². The van der Waals surface area contributed by atoms with Crippen LogP contribution in [0.15, 0.2) is 47.2 Å². The van der Waals surface area contributed by atoms with Gasteiger partial charge in [-0.15, -0.1) is 0 Å². The van der Waals surface area contributed by atoms with E-state index in [2.05, 4.69) is 5.32 Å². The molecule has 0 aliphatic carbocycles. The number of nitrogens with zero attached hydrogens (tertiary/aromatic N) is 2. The van der Waals surface area contributed by atoms with E-state index in [4.69, 9.17) is 0 Å². The van der Waals surface area contributed by atoms with E-state index in [9.17, 15) is 27.6 Å². The van der Waals surface area contributed by atoms with Gasteiger partial charge in [-0.2, -0.15) is 24.5 Å². The molecule has 5 rings (SSSR count). The first-order valence-corrected chi connectivity index (χ1v) is 10.4. The Kier molecular flexibility index (Phi) is 4.38. The largest absolute Gasteiger partial charge is 0.397 e. The van der Waals surface area contributed by atoms with E-state index >= 15 is 0 Å². The molecule has 32 heavy (non-hydrogen) atoms. The Morgan fingerprint density at radius 2 is 1.81 bits per heavy atom. The number of para-hydroxylation sites is 1. The monoisotopic (exact) mass is 457 g/mol. The maximum atomic E-state index is 12.9. The smallest absolute Gasteiger partial charge is 0.288 e. The molecule has 3 heterocycles. The van der Waals surface area contributed by atoms with Gasteiger partial charge in [-0.05, 0) is 40.1 Å². The molecule has 6 nitrogen and oxygen atoms in total. The number of alkyl halides is 3. The maximum Gasteiger partial charge on any atom is 0.397 e. The fourth-order valence-electron chi connectivity index (χ4n) is 4.17. The lowest BCUT2D eigenvalue weighted by Crippen LogP contribution is -2.38. The normalized spacial score (nSPS) is 13.6. The molecule has 0 saturated heterocycles. The van der Waals surface area contributed by atoms with Crippen LogP contribution in [0.1, 0.15) is 27.1 Å². The van der Waals surface area contributed by atoms with Crippen LogP contribution in [0.4, 0.5) is 13.2 Å². The third-order valence-electron chi connectivity index (χ3n) is 5.46. The summed E-state index contributed by atoms with van der Waals surface area (Å²) in [6, 6.07) is 10.2. The first kappa shape index (κ1) is 20.3. The van der Waals surface area contributed by atoms with E-state index in [1.807, 2.05) is 10.8 Å². The first-order chi connectivity index (χ1) is 15.2. The molecule has 162 valence electrons.